The fourth-order valence-electron chi connectivity index (χ4n) is 1.24. The smallest absolute Gasteiger partial charge is 0.156 e. The molecule has 2 aromatic heterocycles. The molecule has 5 heteroatoms. The molecule has 0 aromatic carbocycles. The first-order chi connectivity index (χ1) is 7.31. The maximum atomic E-state index is 5.71. The Morgan fingerprint density at radius 2 is 2.27 bits per heavy atom. The molecule has 0 aliphatic rings. The van der Waals surface area contributed by atoms with Gasteiger partial charge in [-0.2, -0.15) is 0 Å². The molecule has 0 bridgehead atoms. The summed E-state index contributed by atoms with van der Waals surface area (Å²) in [5.41, 5.74) is 8.01. The first kappa shape index (κ1) is 10.6. The summed E-state index contributed by atoms with van der Waals surface area (Å²) in [5, 5.41) is 2.92. The second-order valence-electron chi connectivity index (χ2n) is 3.02. The van der Waals surface area contributed by atoms with E-state index in [4.69, 9.17) is 5.73 Å². The highest BCUT2D eigenvalue weighted by atomic mass is 32.2. The van der Waals surface area contributed by atoms with Crippen LogP contribution in [0.1, 0.15) is 11.1 Å². The summed E-state index contributed by atoms with van der Waals surface area (Å²) in [7, 11) is 0. The third kappa shape index (κ3) is 2.37. The summed E-state index contributed by atoms with van der Waals surface area (Å²) in [6, 6.07) is 1.98. The van der Waals surface area contributed by atoms with E-state index in [9.17, 15) is 0 Å². The predicted octanol–water partition coefficient (Wildman–Crippen LogP) is 2.46. The number of aryl methyl sites for hydroxylation is 1. The minimum atomic E-state index is 0.521. The highest BCUT2D eigenvalue weighted by Gasteiger charge is 2.08. The van der Waals surface area contributed by atoms with Crippen molar-refractivity contribution in [2.45, 2.75) is 22.8 Å². The van der Waals surface area contributed by atoms with Gasteiger partial charge in [-0.05, 0) is 30.3 Å². The number of thiazole rings is 1. The monoisotopic (exact) mass is 237 g/mol. The Morgan fingerprint density at radius 1 is 1.40 bits per heavy atom. The molecule has 0 aliphatic heterocycles. The van der Waals surface area contributed by atoms with E-state index in [1.807, 2.05) is 17.6 Å². The van der Waals surface area contributed by atoms with Gasteiger partial charge in [-0.3, -0.25) is 0 Å². The van der Waals surface area contributed by atoms with Gasteiger partial charge in [0.25, 0.3) is 0 Å². The zero-order valence-corrected chi connectivity index (χ0v) is 9.94. The second kappa shape index (κ2) is 4.74. The van der Waals surface area contributed by atoms with Crippen molar-refractivity contribution >= 4 is 23.1 Å². The molecule has 0 saturated carbocycles. The Bertz CT molecular complexity index is 440. The van der Waals surface area contributed by atoms with Gasteiger partial charge >= 0.3 is 0 Å². The van der Waals surface area contributed by atoms with Crippen molar-refractivity contribution in [3.05, 3.63) is 35.0 Å². The Labute approximate surface area is 96.8 Å². The van der Waals surface area contributed by atoms with Gasteiger partial charge in [-0.25, -0.2) is 9.97 Å². The molecule has 0 amide bonds. The summed E-state index contributed by atoms with van der Waals surface area (Å²) >= 11 is 3.19. The third-order valence-electron chi connectivity index (χ3n) is 2.05. The Morgan fingerprint density at radius 3 is 2.93 bits per heavy atom. The second-order valence-corrected chi connectivity index (χ2v) is 5.15. The van der Waals surface area contributed by atoms with Crippen LogP contribution in [-0.4, -0.2) is 9.97 Å². The number of hydrogen-bond donors (Lipinski definition) is 1. The van der Waals surface area contributed by atoms with Crippen LogP contribution in [0.5, 0.6) is 0 Å². The van der Waals surface area contributed by atoms with E-state index in [-0.39, 0.29) is 0 Å². The standard InChI is InChI=1S/C10H11N3S2/c1-7-2-3-12-9(8(7)6-11)15-10-13-4-5-14-10/h2-5H,6,11H2,1H3. The molecule has 0 fully saturated rings. The molecular formula is C10H11N3S2. The summed E-state index contributed by atoms with van der Waals surface area (Å²) < 4.78 is 1.00. The topological polar surface area (TPSA) is 51.8 Å². The summed E-state index contributed by atoms with van der Waals surface area (Å²) in [6.45, 7) is 2.57. The molecule has 2 heterocycles. The van der Waals surface area contributed by atoms with Crippen LogP contribution in [0.2, 0.25) is 0 Å². The van der Waals surface area contributed by atoms with Gasteiger partial charge in [-0.1, -0.05) is 0 Å². The van der Waals surface area contributed by atoms with Crippen molar-refractivity contribution in [2.75, 3.05) is 0 Å². The van der Waals surface area contributed by atoms with Gasteiger partial charge in [0.1, 0.15) is 5.03 Å². The predicted molar refractivity (Wildman–Crippen MR) is 63.1 cm³/mol. The lowest BCUT2D eigenvalue weighted by atomic mass is 10.2. The molecule has 2 aromatic rings. The van der Waals surface area contributed by atoms with Gasteiger partial charge in [0.05, 0.1) is 0 Å². The lowest BCUT2D eigenvalue weighted by Gasteiger charge is -2.07. The van der Waals surface area contributed by atoms with E-state index >= 15 is 0 Å². The average molecular weight is 237 g/mol. The van der Waals surface area contributed by atoms with Crippen molar-refractivity contribution in [1.29, 1.82) is 0 Å². The van der Waals surface area contributed by atoms with Crippen LogP contribution >= 0.6 is 23.1 Å². The maximum Gasteiger partial charge on any atom is 0.156 e. The Balaban J connectivity index is 2.32. The maximum absolute atomic E-state index is 5.71. The first-order valence-corrected chi connectivity index (χ1v) is 6.22. The quantitative estimate of drug-likeness (QED) is 0.891. The lowest BCUT2D eigenvalue weighted by molar-refractivity contribution is 0.942. The molecule has 0 spiro atoms. The molecule has 0 saturated heterocycles. The molecule has 0 radical (unpaired) electrons. The fraction of sp³-hybridized carbons (Fsp3) is 0.200. The van der Waals surface area contributed by atoms with Crippen molar-refractivity contribution in [3.63, 3.8) is 0 Å². The molecule has 0 aliphatic carbocycles. The van der Waals surface area contributed by atoms with Gasteiger partial charge in [-0.15, -0.1) is 11.3 Å². The van der Waals surface area contributed by atoms with Crippen LogP contribution in [0.15, 0.2) is 33.2 Å². The molecule has 2 N–H and O–H groups in total. The SMILES string of the molecule is Cc1ccnc(Sc2nccs2)c1CN. The van der Waals surface area contributed by atoms with Crippen LogP contribution < -0.4 is 5.73 Å². The van der Waals surface area contributed by atoms with Gasteiger partial charge in [0.15, 0.2) is 4.34 Å². The van der Waals surface area contributed by atoms with E-state index in [1.54, 1.807) is 29.3 Å². The van der Waals surface area contributed by atoms with Gasteiger partial charge < -0.3 is 5.73 Å². The van der Waals surface area contributed by atoms with Crippen LogP contribution in [0.25, 0.3) is 0 Å². The molecule has 2 rings (SSSR count). The van der Waals surface area contributed by atoms with Crippen molar-refractivity contribution in [1.82, 2.24) is 9.97 Å². The molecule has 0 unspecified atom stereocenters. The fourth-order valence-corrected chi connectivity index (χ4v) is 2.96. The van der Waals surface area contributed by atoms with E-state index in [0.29, 0.717) is 6.54 Å². The van der Waals surface area contributed by atoms with Crippen LogP contribution in [-0.2, 0) is 6.54 Å². The van der Waals surface area contributed by atoms with Crippen LogP contribution in [0, 0.1) is 6.92 Å². The normalized spacial score (nSPS) is 10.5. The summed E-state index contributed by atoms with van der Waals surface area (Å²) in [4.78, 5) is 8.55. The van der Waals surface area contributed by atoms with Crippen molar-refractivity contribution in [3.8, 4) is 0 Å². The molecule has 0 atom stereocenters. The van der Waals surface area contributed by atoms with E-state index in [0.717, 1.165) is 14.9 Å². The number of pyridine rings is 1. The minimum Gasteiger partial charge on any atom is -0.326 e. The third-order valence-corrected chi connectivity index (χ3v) is 3.98. The van der Waals surface area contributed by atoms with Crippen LogP contribution in [0.4, 0.5) is 0 Å². The lowest BCUT2D eigenvalue weighted by Crippen LogP contribution is -2.02. The largest absolute Gasteiger partial charge is 0.326 e. The number of aromatic nitrogens is 2. The zero-order chi connectivity index (χ0) is 10.7. The molecule has 78 valence electrons. The highest BCUT2D eigenvalue weighted by molar-refractivity contribution is 8.01. The summed E-state index contributed by atoms with van der Waals surface area (Å²) in [6.07, 6.45) is 3.61. The van der Waals surface area contributed by atoms with Crippen LogP contribution in [0.3, 0.4) is 0 Å². The average Bonchev–Trinajstić information content (AvgIpc) is 2.71. The van der Waals surface area contributed by atoms with E-state index < -0.39 is 0 Å². The number of rotatable bonds is 3. The number of hydrogen-bond acceptors (Lipinski definition) is 5. The highest BCUT2D eigenvalue weighted by Crippen LogP contribution is 2.30. The Kier molecular flexibility index (Phi) is 3.35. The van der Waals surface area contributed by atoms with Gasteiger partial charge in [0, 0.05) is 29.9 Å². The Hall–Kier alpha value is -0.910. The van der Waals surface area contributed by atoms with E-state index in [1.165, 1.54) is 5.56 Å². The molecule has 15 heavy (non-hydrogen) atoms. The van der Waals surface area contributed by atoms with Crippen molar-refractivity contribution in [2.24, 2.45) is 5.73 Å². The summed E-state index contributed by atoms with van der Waals surface area (Å²) in [5.74, 6) is 0. The van der Waals surface area contributed by atoms with Gasteiger partial charge in [0.2, 0.25) is 0 Å². The number of nitrogens with two attached hydrogens (primary N) is 1. The van der Waals surface area contributed by atoms with Crippen molar-refractivity contribution < 1.29 is 0 Å². The zero-order valence-electron chi connectivity index (χ0n) is 8.30. The molecule has 3 nitrogen and oxygen atoms in total. The number of nitrogens with zero attached hydrogens (tertiary/aromatic N) is 2. The minimum absolute atomic E-state index is 0.521. The molecular weight excluding hydrogens is 226 g/mol. The first-order valence-electron chi connectivity index (χ1n) is 4.53. The van der Waals surface area contributed by atoms with E-state index in [2.05, 4.69) is 16.9 Å².